The predicted molar refractivity (Wildman–Crippen MR) is 64.4 cm³/mol. The Morgan fingerprint density at radius 1 is 1.56 bits per heavy atom. The average Bonchev–Trinajstić information content (AvgIpc) is 2.38. The summed E-state index contributed by atoms with van der Waals surface area (Å²) < 4.78 is 5.13. The standard InChI is InChI=1S/C13H15NO4/c1-18-10-4-5-11-9(7-10)3-2-6-13(11,12(16)17)14-8-15/h4-5,7-8H,2-3,6H2,1H3,(H,14,15)(H,16,17). The van der Waals surface area contributed by atoms with Gasteiger partial charge in [-0.1, -0.05) is 6.07 Å². The fourth-order valence-electron chi connectivity index (χ4n) is 2.53. The van der Waals surface area contributed by atoms with Crippen LogP contribution in [0.25, 0.3) is 0 Å². The van der Waals surface area contributed by atoms with Crippen LogP contribution >= 0.6 is 0 Å². The molecule has 1 aliphatic rings. The number of carbonyl (C=O) groups is 2. The van der Waals surface area contributed by atoms with E-state index in [9.17, 15) is 14.7 Å². The third-order valence-corrected chi connectivity index (χ3v) is 3.44. The Labute approximate surface area is 105 Å². The fraction of sp³-hybridized carbons (Fsp3) is 0.385. The highest BCUT2D eigenvalue weighted by Gasteiger charge is 2.43. The molecule has 1 amide bonds. The van der Waals surface area contributed by atoms with E-state index < -0.39 is 11.5 Å². The third-order valence-electron chi connectivity index (χ3n) is 3.44. The van der Waals surface area contributed by atoms with Crippen molar-refractivity contribution in [3.63, 3.8) is 0 Å². The van der Waals surface area contributed by atoms with Gasteiger partial charge in [-0.25, -0.2) is 4.79 Å². The Morgan fingerprint density at radius 3 is 2.94 bits per heavy atom. The molecule has 1 aromatic carbocycles. The normalized spacial score (nSPS) is 21.8. The van der Waals surface area contributed by atoms with E-state index in [0.29, 0.717) is 30.6 Å². The first-order valence-corrected chi connectivity index (χ1v) is 5.76. The molecule has 0 heterocycles. The molecule has 0 saturated carbocycles. The van der Waals surface area contributed by atoms with Gasteiger partial charge in [0.15, 0.2) is 5.54 Å². The van der Waals surface area contributed by atoms with Crippen LogP contribution in [0.2, 0.25) is 0 Å². The van der Waals surface area contributed by atoms with Gasteiger partial charge in [-0.15, -0.1) is 0 Å². The van der Waals surface area contributed by atoms with Gasteiger partial charge in [0.05, 0.1) is 7.11 Å². The number of aryl methyl sites for hydroxylation is 1. The highest BCUT2D eigenvalue weighted by Crippen LogP contribution is 2.37. The molecule has 0 fully saturated rings. The van der Waals surface area contributed by atoms with Crippen molar-refractivity contribution in [2.75, 3.05) is 7.11 Å². The number of methoxy groups -OCH3 is 1. The van der Waals surface area contributed by atoms with Gasteiger partial charge in [0.25, 0.3) is 0 Å². The second-order valence-electron chi connectivity index (χ2n) is 4.35. The molecule has 2 N–H and O–H groups in total. The van der Waals surface area contributed by atoms with Gasteiger partial charge in [-0.2, -0.15) is 0 Å². The van der Waals surface area contributed by atoms with Crippen molar-refractivity contribution >= 4 is 12.4 Å². The molecule has 0 aliphatic heterocycles. The minimum Gasteiger partial charge on any atom is -0.497 e. The van der Waals surface area contributed by atoms with Crippen molar-refractivity contribution in [3.05, 3.63) is 29.3 Å². The summed E-state index contributed by atoms with van der Waals surface area (Å²) in [6, 6.07) is 5.27. The number of benzene rings is 1. The van der Waals surface area contributed by atoms with E-state index in [4.69, 9.17) is 4.74 Å². The maximum Gasteiger partial charge on any atom is 0.334 e. The lowest BCUT2D eigenvalue weighted by molar-refractivity contribution is -0.147. The van der Waals surface area contributed by atoms with E-state index in [1.165, 1.54) is 0 Å². The van der Waals surface area contributed by atoms with Gasteiger partial charge in [-0.3, -0.25) is 4.79 Å². The largest absolute Gasteiger partial charge is 0.497 e. The predicted octanol–water partition coefficient (Wildman–Crippen LogP) is 1.06. The van der Waals surface area contributed by atoms with Gasteiger partial charge in [0, 0.05) is 0 Å². The second-order valence-corrected chi connectivity index (χ2v) is 4.35. The number of carbonyl (C=O) groups excluding carboxylic acids is 1. The van der Waals surface area contributed by atoms with Gasteiger partial charge >= 0.3 is 5.97 Å². The number of hydrogen-bond donors (Lipinski definition) is 2. The molecule has 2 rings (SSSR count). The number of ether oxygens (including phenoxy) is 1. The van der Waals surface area contributed by atoms with E-state index in [1.807, 2.05) is 6.07 Å². The molecule has 0 radical (unpaired) electrons. The highest BCUT2D eigenvalue weighted by atomic mass is 16.5. The number of fused-ring (bicyclic) bond motifs is 1. The number of aliphatic carboxylic acids is 1. The summed E-state index contributed by atoms with van der Waals surface area (Å²) in [4.78, 5) is 22.2. The summed E-state index contributed by atoms with van der Waals surface area (Å²) in [5.74, 6) is -0.332. The number of carboxylic acid groups (broad SMARTS) is 1. The van der Waals surface area contributed by atoms with E-state index in [-0.39, 0.29) is 0 Å². The molecule has 5 heteroatoms. The molecular formula is C13H15NO4. The quantitative estimate of drug-likeness (QED) is 0.782. The van der Waals surface area contributed by atoms with Crippen molar-refractivity contribution in [1.29, 1.82) is 0 Å². The Bertz CT molecular complexity index is 486. The summed E-state index contributed by atoms with van der Waals surface area (Å²) in [6.45, 7) is 0. The van der Waals surface area contributed by atoms with Crippen molar-refractivity contribution in [1.82, 2.24) is 5.32 Å². The molecule has 0 bridgehead atoms. The molecule has 96 valence electrons. The van der Waals surface area contributed by atoms with Gasteiger partial charge < -0.3 is 15.2 Å². The minimum absolute atomic E-state index is 0.403. The number of carboxylic acids is 1. The van der Waals surface area contributed by atoms with Crippen LogP contribution in [-0.4, -0.2) is 24.6 Å². The maximum absolute atomic E-state index is 11.5. The molecule has 1 unspecified atom stereocenters. The minimum atomic E-state index is -1.30. The first kappa shape index (κ1) is 12.4. The molecule has 5 nitrogen and oxygen atoms in total. The lowest BCUT2D eigenvalue weighted by Crippen LogP contribution is -2.50. The molecule has 1 aromatic rings. The fourth-order valence-corrected chi connectivity index (χ4v) is 2.53. The zero-order chi connectivity index (χ0) is 13.2. The number of amides is 1. The smallest absolute Gasteiger partial charge is 0.334 e. The van der Waals surface area contributed by atoms with Crippen molar-refractivity contribution in [3.8, 4) is 5.75 Å². The maximum atomic E-state index is 11.5. The Kier molecular flexibility index (Phi) is 3.23. The van der Waals surface area contributed by atoms with Crippen LogP contribution in [0.1, 0.15) is 24.0 Å². The zero-order valence-corrected chi connectivity index (χ0v) is 10.1. The Balaban J connectivity index is 2.55. The molecule has 0 spiro atoms. The molecule has 18 heavy (non-hydrogen) atoms. The van der Waals surface area contributed by atoms with Gasteiger partial charge in [0.2, 0.25) is 6.41 Å². The van der Waals surface area contributed by atoms with Crippen LogP contribution in [-0.2, 0) is 21.5 Å². The summed E-state index contributed by atoms with van der Waals surface area (Å²) in [5, 5.41) is 11.9. The highest BCUT2D eigenvalue weighted by molar-refractivity contribution is 5.84. The van der Waals surface area contributed by atoms with Crippen molar-refractivity contribution < 1.29 is 19.4 Å². The summed E-state index contributed by atoms with van der Waals surface area (Å²) in [5.41, 5.74) is 0.258. The first-order chi connectivity index (χ1) is 8.64. The SMILES string of the molecule is COc1ccc2c(c1)CCCC2(NC=O)C(=O)O. The van der Waals surface area contributed by atoms with E-state index in [2.05, 4.69) is 5.32 Å². The Morgan fingerprint density at radius 2 is 2.33 bits per heavy atom. The zero-order valence-electron chi connectivity index (χ0n) is 10.1. The number of hydrogen-bond acceptors (Lipinski definition) is 3. The molecule has 1 atom stereocenters. The van der Waals surface area contributed by atoms with Crippen LogP contribution in [0.5, 0.6) is 5.75 Å². The topological polar surface area (TPSA) is 75.6 Å². The van der Waals surface area contributed by atoms with Crippen LogP contribution in [0.15, 0.2) is 18.2 Å². The van der Waals surface area contributed by atoms with E-state index in [0.717, 1.165) is 12.0 Å². The van der Waals surface area contributed by atoms with E-state index >= 15 is 0 Å². The van der Waals surface area contributed by atoms with Crippen molar-refractivity contribution in [2.45, 2.75) is 24.8 Å². The molecular weight excluding hydrogens is 234 g/mol. The Hall–Kier alpha value is -2.04. The summed E-state index contributed by atoms with van der Waals surface area (Å²) in [6.07, 6.45) is 2.36. The van der Waals surface area contributed by atoms with Crippen LogP contribution < -0.4 is 10.1 Å². The second kappa shape index (κ2) is 4.68. The number of rotatable bonds is 4. The van der Waals surface area contributed by atoms with Crippen LogP contribution in [0.3, 0.4) is 0 Å². The van der Waals surface area contributed by atoms with Crippen molar-refractivity contribution in [2.24, 2.45) is 0 Å². The lowest BCUT2D eigenvalue weighted by atomic mass is 9.76. The molecule has 0 aromatic heterocycles. The van der Waals surface area contributed by atoms with Crippen LogP contribution in [0.4, 0.5) is 0 Å². The van der Waals surface area contributed by atoms with Gasteiger partial charge in [-0.05, 0) is 42.5 Å². The monoisotopic (exact) mass is 249 g/mol. The van der Waals surface area contributed by atoms with E-state index in [1.54, 1.807) is 19.2 Å². The summed E-state index contributed by atoms with van der Waals surface area (Å²) >= 11 is 0. The lowest BCUT2D eigenvalue weighted by Gasteiger charge is -2.35. The average molecular weight is 249 g/mol. The van der Waals surface area contributed by atoms with Crippen LogP contribution in [0, 0.1) is 0 Å². The molecule has 1 aliphatic carbocycles. The van der Waals surface area contributed by atoms with Gasteiger partial charge in [0.1, 0.15) is 5.75 Å². The molecule has 0 saturated heterocycles. The number of nitrogens with one attached hydrogen (secondary N) is 1. The third kappa shape index (κ3) is 1.81. The first-order valence-electron chi connectivity index (χ1n) is 5.76. The summed E-state index contributed by atoms with van der Waals surface area (Å²) in [7, 11) is 1.57.